The minimum atomic E-state index is -0.469. The van der Waals surface area contributed by atoms with Crippen LogP contribution in [0.25, 0.3) is 0 Å². The summed E-state index contributed by atoms with van der Waals surface area (Å²) in [4.78, 5) is 11.8. The van der Waals surface area contributed by atoms with Crippen LogP contribution in [-0.2, 0) is 6.54 Å². The summed E-state index contributed by atoms with van der Waals surface area (Å²) in [6.45, 7) is 0.00554. The van der Waals surface area contributed by atoms with Crippen LogP contribution in [0.4, 0.5) is 0 Å². The van der Waals surface area contributed by atoms with Gasteiger partial charge >= 0.3 is 0 Å². The first-order chi connectivity index (χ1) is 10.4. The summed E-state index contributed by atoms with van der Waals surface area (Å²) in [7, 11) is 0. The van der Waals surface area contributed by atoms with Crippen LogP contribution in [0, 0.1) is 0 Å². The summed E-state index contributed by atoms with van der Waals surface area (Å²) < 4.78 is 1.43. The van der Waals surface area contributed by atoms with E-state index in [0.717, 1.165) is 4.47 Å². The second kappa shape index (κ2) is 7.34. The van der Waals surface area contributed by atoms with E-state index in [1.165, 1.54) is 6.07 Å². The van der Waals surface area contributed by atoms with Gasteiger partial charge in [0, 0.05) is 15.6 Å². The maximum absolute atomic E-state index is 11.8. The van der Waals surface area contributed by atoms with E-state index in [1.807, 2.05) is 0 Å². The predicted molar refractivity (Wildman–Crippen MR) is 92.2 cm³/mol. The molecule has 0 aromatic heterocycles. The van der Waals surface area contributed by atoms with Crippen LogP contribution in [0.2, 0.25) is 0 Å². The Bertz CT molecular complexity index is 746. The molecule has 0 unspecified atom stereocenters. The number of amides is 1. The van der Waals surface area contributed by atoms with Gasteiger partial charge in [0.1, 0.15) is 16.0 Å². The van der Waals surface area contributed by atoms with Crippen LogP contribution < -0.4 is 0 Å². The summed E-state index contributed by atoms with van der Waals surface area (Å²) in [6, 6.07) is 8.26. The SMILES string of the molecule is O=C(N=NCc1cc(Br)c(O)c(Br)c1O)c1ccc(Br)cc1. The Labute approximate surface area is 151 Å². The Kier molecular flexibility index (Phi) is 5.71. The molecule has 0 radical (unpaired) electrons. The minimum absolute atomic E-state index is 0.00554. The molecule has 0 heterocycles. The van der Waals surface area contributed by atoms with E-state index in [9.17, 15) is 15.0 Å². The van der Waals surface area contributed by atoms with E-state index in [1.54, 1.807) is 24.3 Å². The summed E-state index contributed by atoms with van der Waals surface area (Å²) in [6.07, 6.45) is 0. The highest BCUT2D eigenvalue weighted by atomic mass is 79.9. The molecule has 0 aliphatic rings. The molecule has 2 aromatic rings. The van der Waals surface area contributed by atoms with Crippen LogP contribution in [0.3, 0.4) is 0 Å². The quantitative estimate of drug-likeness (QED) is 0.579. The van der Waals surface area contributed by atoms with Crippen LogP contribution in [0.5, 0.6) is 11.5 Å². The van der Waals surface area contributed by atoms with Crippen molar-refractivity contribution in [1.29, 1.82) is 0 Å². The van der Waals surface area contributed by atoms with Crippen molar-refractivity contribution in [2.24, 2.45) is 10.2 Å². The van der Waals surface area contributed by atoms with Gasteiger partial charge in [-0.05, 0) is 62.2 Å². The van der Waals surface area contributed by atoms with Crippen molar-refractivity contribution < 1.29 is 15.0 Å². The Morgan fingerprint density at radius 1 is 1.05 bits per heavy atom. The molecule has 0 spiro atoms. The molecular weight excluding hydrogens is 484 g/mol. The number of azo groups is 1. The van der Waals surface area contributed by atoms with Gasteiger partial charge in [0.05, 0.1) is 11.0 Å². The molecule has 2 N–H and O–H groups in total. The highest BCUT2D eigenvalue weighted by Gasteiger charge is 2.13. The van der Waals surface area contributed by atoms with Crippen LogP contribution in [0.1, 0.15) is 15.9 Å². The Morgan fingerprint density at radius 3 is 2.32 bits per heavy atom. The number of hydrogen-bond donors (Lipinski definition) is 2. The number of phenols is 2. The Balaban J connectivity index is 2.13. The molecule has 8 heteroatoms. The second-order valence-electron chi connectivity index (χ2n) is 4.24. The summed E-state index contributed by atoms with van der Waals surface area (Å²) in [5, 5.41) is 26.9. The van der Waals surface area contributed by atoms with Gasteiger partial charge in [0.25, 0.3) is 5.91 Å². The van der Waals surface area contributed by atoms with Crippen molar-refractivity contribution >= 4 is 53.7 Å². The second-order valence-corrected chi connectivity index (χ2v) is 6.80. The maximum Gasteiger partial charge on any atom is 0.295 e. The van der Waals surface area contributed by atoms with Crippen LogP contribution in [0.15, 0.2) is 54.0 Å². The fourth-order valence-electron chi connectivity index (χ4n) is 1.59. The Morgan fingerprint density at radius 2 is 1.68 bits per heavy atom. The molecule has 5 nitrogen and oxygen atoms in total. The van der Waals surface area contributed by atoms with Gasteiger partial charge in [-0.25, -0.2) is 0 Å². The average Bonchev–Trinajstić information content (AvgIpc) is 2.50. The van der Waals surface area contributed by atoms with E-state index in [2.05, 4.69) is 58.0 Å². The monoisotopic (exact) mass is 490 g/mol. The van der Waals surface area contributed by atoms with Gasteiger partial charge in [-0.2, -0.15) is 5.11 Å². The molecule has 2 rings (SSSR count). The van der Waals surface area contributed by atoms with Crippen LogP contribution >= 0.6 is 47.8 Å². The summed E-state index contributed by atoms with van der Waals surface area (Å²) in [5.41, 5.74) is 0.841. The highest BCUT2D eigenvalue weighted by Crippen LogP contribution is 2.41. The van der Waals surface area contributed by atoms with Gasteiger partial charge in [-0.3, -0.25) is 4.79 Å². The normalized spacial score (nSPS) is 11.0. The number of halogens is 3. The van der Waals surface area contributed by atoms with Gasteiger partial charge in [0.15, 0.2) is 0 Å². The molecule has 22 heavy (non-hydrogen) atoms. The zero-order valence-corrected chi connectivity index (χ0v) is 15.7. The number of phenolic OH excluding ortho intramolecular Hbond substituents is 2. The number of hydrogen-bond acceptors (Lipinski definition) is 4. The van der Waals surface area contributed by atoms with E-state index in [0.29, 0.717) is 15.6 Å². The number of benzene rings is 2. The average molecular weight is 493 g/mol. The third-order valence-electron chi connectivity index (χ3n) is 2.74. The molecule has 2 aromatic carbocycles. The predicted octanol–water partition coefficient (Wildman–Crippen LogP) is 5.18. The standard InChI is InChI=1S/C14H9Br3N2O3/c15-9-3-1-7(2-4-9)14(22)19-18-6-8-5-10(16)13(21)11(17)12(8)20/h1-5,20-21H,6H2. The van der Waals surface area contributed by atoms with Crippen molar-refractivity contribution in [3.8, 4) is 11.5 Å². The van der Waals surface area contributed by atoms with Gasteiger partial charge in [0.2, 0.25) is 0 Å². The first-order valence-corrected chi connectivity index (χ1v) is 8.34. The lowest BCUT2D eigenvalue weighted by molar-refractivity contribution is 0.0993. The Hall–Kier alpha value is -1.25. The van der Waals surface area contributed by atoms with Crippen molar-refractivity contribution in [1.82, 2.24) is 0 Å². The molecule has 0 bridgehead atoms. The lowest BCUT2D eigenvalue weighted by Crippen LogP contribution is -1.93. The van der Waals surface area contributed by atoms with Crippen molar-refractivity contribution in [3.63, 3.8) is 0 Å². The van der Waals surface area contributed by atoms with E-state index < -0.39 is 5.91 Å². The first kappa shape index (κ1) is 17.1. The fraction of sp³-hybridized carbons (Fsp3) is 0.0714. The zero-order valence-electron chi connectivity index (χ0n) is 10.9. The molecule has 0 saturated heterocycles. The number of nitrogens with zero attached hydrogens (tertiary/aromatic N) is 2. The molecule has 0 atom stereocenters. The summed E-state index contributed by atoms with van der Waals surface area (Å²) >= 11 is 9.51. The lowest BCUT2D eigenvalue weighted by Gasteiger charge is -2.07. The van der Waals surface area contributed by atoms with Crippen molar-refractivity contribution in [2.45, 2.75) is 6.54 Å². The smallest absolute Gasteiger partial charge is 0.295 e. The van der Waals surface area contributed by atoms with Gasteiger partial charge in [-0.1, -0.05) is 15.9 Å². The molecule has 0 aliphatic carbocycles. The van der Waals surface area contributed by atoms with E-state index in [-0.39, 0.29) is 22.5 Å². The number of carbonyl (C=O) groups is 1. The first-order valence-electron chi connectivity index (χ1n) is 5.96. The lowest BCUT2D eigenvalue weighted by atomic mass is 10.2. The fourth-order valence-corrected chi connectivity index (χ4v) is 3.07. The highest BCUT2D eigenvalue weighted by molar-refractivity contribution is 9.11. The topological polar surface area (TPSA) is 82.2 Å². The minimum Gasteiger partial charge on any atom is -0.506 e. The van der Waals surface area contributed by atoms with Crippen LogP contribution in [-0.4, -0.2) is 16.1 Å². The summed E-state index contributed by atoms with van der Waals surface area (Å²) in [5.74, 6) is -0.719. The largest absolute Gasteiger partial charge is 0.506 e. The number of rotatable bonds is 3. The molecule has 114 valence electrons. The number of aromatic hydroxyl groups is 2. The van der Waals surface area contributed by atoms with E-state index in [4.69, 9.17) is 0 Å². The van der Waals surface area contributed by atoms with Crippen molar-refractivity contribution in [2.75, 3.05) is 0 Å². The molecule has 0 saturated carbocycles. The third-order valence-corrected chi connectivity index (χ3v) is 4.63. The van der Waals surface area contributed by atoms with E-state index >= 15 is 0 Å². The molecular formula is C14H9Br3N2O3. The maximum atomic E-state index is 11.8. The third kappa shape index (κ3) is 3.93. The zero-order chi connectivity index (χ0) is 16.3. The molecule has 0 aliphatic heterocycles. The van der Waals surface area contributed by atoms with Gasteiger partial charge in [-0.15, -0.1) is 5.11 Å². The van der Waals surface area contributed by atoms with Gasteiger partial charge < -0.3 is 10.2 Å². The molecule has 0 fully saturated rings. The van der Waals surface area contributed by atoms with Crippen molar-refractivity contribution in [3.05, 3.63) is 54.9 Å². The molecule has 1 amide bonds. The number of carbonyl (C=O) groups excluding carboxylic acids is 1.